The smallest absolute Gasteiger partial charge is 0.311 e. The Morgan fingerprint density at radius 3 is 2.62 bits per heavy atom. The monoisotopic (exact) mass is 359 g/mol. The molecule has 1 aromatic carbocycles. The Morgan fingerprint density at radius 2 is 1.92 bits per heavy atom. The second-order valence-corrected chi connectivity index (χ2v) is 5.89. The molecular formula is C17H18FN5O3. The van der Waals surface area contributed by atoms with Crippen molar-refractivity contribution in [2.75, 3.05) is 42.9 Å². The van der Waals surface area contributed by atoms with Crippen LogP contribution in [0.3, 0.4) is 0 Å². The van der Waals surface area contributed by atoms with E-state index >= 15 is 0 Å². The average molecular weight is 359 g/mol. The van der Waals surface area contributed by atoms with E-state index in [4.69, 9.17) is 0 Å². The topological polar surface area (TPSA) is 91.6 Å². The molecule has 1 aliphatic heterocycles. The zero-order valence-corrected chi connectivity index (χ0v) is 14.0. The highest BCUT2D eigenvalue weighted by Crippen LogP contribution is 2.25. The number of hydrogen-bond donors (Lipinski definition) is 1. The number of hydrogen-bond acceptors (Lipinski definition) is 6. The van der Waals surface area contributed by atoms with Crippen molar-refractivity contribution in [1.29, 1.82) is 0 Å². The van der Waals surface area contributed by atoms with E-state index in [9.17, 15) is 19.3 Å². The molecule has 2 aromatic rings. The average Bonchev–Trinajstić information content (AvgIpc) is 2.64. The minimum absolute atomic E-state index is 0.0294. The number of nitrogens with one attached hydrogen (secondary N) is 1. The molecule has 0 aliphatic carbocycles. The quantitative estimate of drug-likeness (QED) is 0.647. The van der Waals surface area contributed by atoms with E-state index in [-0.39, 0.29) is 23.8 Å². The Labute approximate surface area is 149 Å². The molecular weight excluding hydrogens is 341 g/mol. The minimum Gasteiger partial charge on any atom is -0.348 e. The molecule has 1 aliphatic rings. The Balaban J connectivity index is 1.55. The molecule has 0 spiro atoms. The number of anilines is 2. The molecule has 1 aromatic heterocycles. The van der Waals surface area contributed by atoms with E-state index in [0.29, 0.717) is 32.0 Å². The molecule has 1 N–H and O–H groups in total. The third-order valence-corrected chi connectivity index (χ3v) is 4.15. The largest absolute Gasteiger partial charge is 0.348 e. The molecule has 136 valence electrons. The van der Waals surface area contributed by atoms with Gasteiger partial charge < -0.3 is 10.2 Å². The van der Waals surface area contributed by atoms with Crippen molar-refractivity contribution in [2.24, 2.45) is 0 Å². The highest BCUT2D eigenvalue weighted by atomic mass is 19.1. The highest BCUT2D eigenvalue weighted by Gasteiger charge is 2.25. The van der Waals surface area contributed by atoms with Gasteiger partial charge >= 0.3 is 5.69 Å². The molecule has 26 heavy (non-hydrogen) atoms. The van der Waals surface area contributed by atoms with Gasteiger partial charge in [0.25, 0.3) is 0 Å². The highest BCUT2D eigenvalue weighted by molar-refractivity contribution is 5.92. The number of piperazine rings is 1. The summed E-state index contributed by atoms with van der Waals surface area (Å²) in [6.45, 7) is 2.28. The molecule has 2 heterocycles. The number of aromatic nitrogens is 1. The van der Waals surface area contributed by atoms with Crippen molar-refractivity contribution in [3.63, 3.8) is 0 Å². The normalized spacial score (nSPS) is 14.9. The van der Waals surface area contributed by atoms with Gasteiger partial charge in [-0.2, -0.15) is 0 Å². The summed E-state index contributed by atoms with van der Waals surface area (Å²) in [5.74, 6) is -0.437. The van der Waals surface area contributed by atoms with Gasteiger partial charge in [-0.15, -0.1) is 0 Å². The summed E-state index contributed by atoms with van der Waals surface area (Å²) in [6, 6.07) is 8.96. The van der Waals surface area contributed by atoms with Gasteiger partial charge in [-0.25, -0.2) is 9.37 Å². The molecule has 1 amide bonds. The molecule has 8 nitrogen and oxygen atoms in total. The molecule has 9 heteroatoms. The Kier molecular flexibility index (Phi) is 5.37. The van der Waals surface area contributed by atoms with Crippen LogP contribution < -0.4 is 10.2 Å². The van der Waals surface area contributed by atoms with E-state index in [2.05, 4.69) is 10.3 Å². The predicted molar refractivity (Wildman–Crippen MR) is 94.6 cm³/mol. The number of halogens is 1. The maximum atomic E-state index is 13.6. The van der Waals surface area contributed by atoms with Gasteiger partial charge in [-0.1, -0.05) is 12.1 Å². The molecule has 0 unspecified atom stereocenters. The lowest BCUT2D eigenvalue weighted by Gasteiger charge is -2.34. The van der Waals surface area contributed by atoms with Crippen LogP contribution in [0.15, 0.2) is 42.6 Å². The summed E-state index contributed by atoms with van der Waals surface area (Å²) in [6.07, 6.45) is 1.52. The van der Waals surface area contributed by atoms with Crippen LogP contribution in [0.2, 0.25) is 0 Å². The third-order valence-electron chi connectivity index (χ3n) is 4.15. The fourth-order valence-corrected chi connectivity index (χ4v) is 2.85. The van der Waals surface area contributed by atoms with Gasteiger partial charge in [0, 0.05) is 38.4 Å². The first kappa shape index (κ1) is 17.7. The van der Waals surface area contributed by atoms with E-state index in [1.165, 1.54) is 30.5 Å². The van der Waals surface area contributed by atoms with E-state index in [0.717, 1.165) is 0 Å². The number of carbonyl (C=O) groups is 1. The van der Waals surface area contributed by atoms with Crippen LogP contribution in [0.25, 0.3) is 0 Å². The number of amides is 1. The van der Waals surface area contributed by atoms with Crippen LogP contribution in [-0.2, 0) is 4.79 Å². The van der Waals surface area contributed by atoms with Gasteiger partial charge in [0.15, 0.2) is 0 Å². The molecule has 1 fully saturated rings. The zero-order chi connectivity index (χ0) is 18.5. The number of pyridine rings is 1. The van der Waals surface area contributed by atoms with Crippen molar-refractivity contribution < 1.29 is 14.1 Å². The molecule has 0 radical (unpaired) electrons. The predicted octanol–water partition coefficient (Wildman–Crippen LogP) is 1.89. The van der Waals surface area contributed by atoms with Crippen molar-refractivity contribution in [1.82, 2.24) is 9.88 Å². The van der Waals surface area contributed by atoms with E-state index in [1.807, 2.05) is 9.80 Å². The number of carbonyl (C=O) groups excluding carboxylic acids is 1. The fraction of sp³-hybridized carbons (Fsp3) is 0.294. The first-order chi connectivity index (χ1) is 12.5. The lowest BCUT2D eigenvalue weighted by molar-refractivity contribution is -0.384. The summed E-state index contributed by atoms with van der Waals surface area (Å²) in [7, 11) is 0. The summed E-state index contributed by atoms with van der Waals surface area (Å²) in [4.78, 5) is 30.6. The second kappa shape index (κ2) is 7.87. The van der Waals surface area contributed by atoms with Crippen LogP contribution in [0, 0.1) is 15.9 Å². The van der Waals surface area contributed by atoms with Gasteiger partial charge in [-0.3, -0.25) is 19.8 Å². The standard InChI is InChI=1S/C17H18FN5O3/c18-13-4-1-2-5-14(13)20-16(24)12-21-8-10-22(11-9-21)17-15(23(25)26)6-3-7-19-17/h1-7H,8-12H2,(H,20,24). The minimum atomic E-state index is -0.479. The zero-order valence-electron chi connectivity index (χ0n) is 14.0. The molecule has 0 bridgehead atoms. The van der Waals surface area contributed by atoms with Crippen molar-refractivity contribution in [2.45, 2.75) is 0 Å². The number of nitro groups is 1. The molecule has 0 saturated carbocycles. The van der Waals surface area contributed by atoms with Crippen molar-refractivity contribution >= 4 is 23.1 Å². The van der Waals surface area contributed by atoms with Crippen LogP contribution in [0.4, 0.5) is 21.6 Å². The maximum Gasteiger partial charge on any atom is 0.311 e. The second-order valence-electron chi connectivity index (χ2n) is 5.89. The number of nitrogens with zero attached hydrogens (tertiary/aromatic N) is 4. The summed E-state index contributed by atoms with van der Waals surface area (Å²) >= 11 is 0. The van der Waals surface area contributed by atoms with E-state index < -0.39 is 10.7 Å². The Hall–Kier alpha value is -3.07. The Bertz CT molecular complexity index is 808. The lowest BCUT2D eigenvalue weighted by atomic mass is 10.2. The van der Waals surface area contributed by atoms with Crippen LogP contribution in [0.5, 0.6) is 0 Å². The van der Waals surface area contributed by atoms with Gasteiger partial charge in [0.05, 0.1) is 17.2 Å². The van der Waals surface area contributed by atoms with Gasteiger partial charge in [0.1, 0.15) is 5.82 Å². The number of benzene rings is 1. The first-order valence-corrected chi connectivity index (χ1v) is 8.15. The van der Waals surface area contributed by atoms with Gasteiger partial charge in [0.2, 0.25) is 11.7 Å². The number of rotatable bonds is 5. The SMILES string of the molecule is O=C(CN1CCN(c2ncccc2[N+](=O)[O-])CC1)Nc1ccccc1F. The maximum absolute atomic E-state index is 13.6. The van der Waals surface area contributed by atoms with Crippen LogP contribution in [0.1, 0.15) is 0 Å². The third kappa shape index (κ3) is 4.12. The summed E-state index contributed by atoms with van der Waals surface area (Å²) < 4.78 is 13.6. The van der Waals surface area contributed by atoms with Crippen molar-refractivity contribution in [3.8, 4) is 0 Å². The molecule has 0 atom stereocenters. The fourth-order valence-electron chi connectivity index (χ4n) is 2.85. The van der Waals surface area contributed by atoms with Gasteiger partial charge in [-0.05, 0) is 18.2 Å². The van der Waals surface area contributed by atoms with Crippen molar-refractivity contribution in [3.05, 3.63) is 58.5 Å². The molecule has 1 saturated heterocycles. The number of para-hydroxylation sites is 1. The summed E-state index contributed by atoms with van der Waals surface area (Å²) in [5, 5.41) is 13.7. The van der Waals surface area contributed by atoms with E-state index in [1.54, 1.807) is 12.1 Å². The van der Waals surface area contributed by atoms with Crippen LogP contribution >= 0.6 is 0 Å². The molecule has 3 rings (SSSR count). The van der Waals surface area contributed by atoms with Crippen LogP contribution in [-0.4, -0.2) is 53.4 Å². The summed E-state index contributed by atoms with van der Waals surface area (Å²) in [5.41, 5.74) is 0.124. The first-order valence-electron chi connectivity index (χ1n) is 8.15. The Morgan fingerprint density at radius 1 is 1.19 bits per heavy atom. The lowest BCUT2D eigenvalue weighted by Crippen LogP contribution is -2.49.